The lowest BCUT2D eigenvalue weighted by atomic mass is 9.65. The highest BCUT2D eigenvalue weighted by Crippen LogP contribution is 2.48. The van der Waals surface area contributed by atoms with Crippen LogP contribution in [0, 0.1) is 18.3 Å². The standard InChI is InChI=1S/C16H26ClNS/c1-5-18-14(13-10-11(2)15(17)19-13)12-8-6-7-9-16(12,3)4/h10,12,14,18H,5-9H2,1-4H3. The summed E-state index contributed by atoms with van der Waals surface area (Å²) in [5.41, 5.74) is 1.65. The average molecular weight is 300 g/mol. The molecule has 0 amide bonds. The van der Waals surface area contributed by atoms with Crippen molar-refractivity contribution in [1.29, 1.82) is 0 Å². The summed E-state index contributed by atoms with van der Waals surface area (Å²) in [7, 11) is 0. The lowest BCUT2D eigenvalue weighted by Crippen LogP contribution is -2.38. The molecule has 1 heterocycles. The molecule has 108 valence electrons. The lowest BCUT2D eigenvalue weighted by molar-refractivity contribution is 0.100. The largest absolute Gasteiger partial charge is 0.309 e. The number of hydrogen-bond acceptors (Lipinski definition) is 2. The first-order valence-electron chi connectivity index (χ1n) is 7.45. The molecule has 1 fully saturated rings. The van der Waals surface area contributed by atoms with Gasteiger partial charge in [-0.05, 0) is 49.3 Å². The number of thiophene rings is 1. The normalized spacial score (nSPS) is 24.4. The molecule has 0 bridgehead atoms. The highest BCUT2D eigenvalue weighted by atomic mass is 35.5. The minimum absolute atomic E-state index is 0.426. The van der Waals surface area contributed by atoms with Crippen molar-refractivity contribution >= 4 is 22.9 Å². The Morgan fingerprint density at radius 2 is 2.21 bits per heavy atom. The number of nitrogens with one attached hydrogen (secondary N) is 1. The number of hydrogen-bond donors (Lipinski definition) is 1. The van der Waals surface area contributed by atoms with Gasteiger partial charge in [0.2, 0.25) is 0 Å². The van der Waals surface area contributed by atoms with E-state index in [-0.39, 0.29) is 0 Å². The van der Waals surface area contributed by atoms with Crippen molar-refractivity contribution in [2.24, 2.45) is 11.3 Å². The fourth-order valence-electron chi connectivity index (χ4n) is 3.44. The van der Waals surface area contributed by atoms with Gasteiger partial charge in [-0.2, -0.15) is 0 Å². The molecule has 0 aromatic carbocycles. The smallest absolute Gasteiger partial charge is 0.0960 e. The Balaban J connectivity index is 2.28. The van der Waals surface area contributed by atoms with Crippen LogP contribution in [-0.2, 0) is 0 Å². The predicted octanol–water partition coefficient (Wildman–Crippen LogP) is 5.58. The maximum absolute atomic E-state index is 6.27. The Morgan fingerprint density at radius 1 is 1.47 bits per heavy atom. The first-order chi connectivity index (χ1) is 8.95. The van der Waals surface area contributed by atoms with Gasteiger partial charge >= 0.3 is 0 Å². The third kappa shape index (κ3) is 3.34. The van der Waals surface area contributed by atoms with Crippen molar-refractivity contribution in [2.45, 2.75) is 59.4 Å². The van der Waals surface area contributed by atoms with Crippen LogP contribution in [0.4, 0.5) is 0 Å². The van der Waals surface area contributed by atoms with Gasteiger partial charge in [0.1, 0.15) is 0 Å². The van der Waals surface area contributed by atoms with Gasteiger partial charge in [-0.1, -0.05) is 45.2 Å². The van der Waals surface area contributed by atoms with E-state index < -0.39 is 0 Å². The summed E-state index contributed by atoms with van der Waals surface area (Å²) in [5, 5.41) is 3.72. The summed E-state index contributed by atoms with van der Waals surface area (Å²) in [6.45, 7) is 10.2. The molecule has 0 saturated heterocycles. The Kier molecular flexibility index (Phi) is 4.97. The fraction of sp³-hybridized carbons (Fsp3) is 0.750. The lowest BCUT2D eigenvalue weighted by Gasteiger charge is -2.43. The molecule has 2 atom stereocenters. The van der Waals surface area contributed by atoms with Gasteiger partial charge in [0.25, 0.3) is 0 Å². The molecule has 1 aromatic rings. The van der Waals surface area contributed by atoms with Gasteiger partial charge in [-0.3, -0.25) is 0 Å². The molecule has 1 saturated carbocycles. The average Bonchev–Trinajstić information content (AvgIpc) is 2.67. The van der Waals surface area contributed by atoms with Crippen molar-refractivity contribution in [3.63, 3.8) is 0 Å². The van der Waals surface area contributed by atoms with Crippen molar-refractivity contribution in [3.8, 4) is 0 Å². The van der Waals surface area contributed by atoms with Gasteiger partial charge in [-0.15, -0.1) is 11.3 Å². The summed E-state index contributed by atoms with van der Waals surface area (Å²) in [6.07, 6.45) is 5.43. The van der Waals surface area contributed by atoms with Gasteiger partial charge in [-0.25, -0.2) is 0 Å². The fourth-order valence-corrected chi connectivity index (χ4v) is 4.80. The van der Waals surface area contributed by atoms with Crippen LogP contribution in [0.15, 0.2) is 6.07 Å². The second-order valence-electron chi connectivity index (χ2n) is 6.48. The van der Waals surface area contributed by atoms with Gasteiger partial charge in [0.05, 0.1) is 4.34 Å². The SMILES string of the molecule is CCNC(c1cc(C)c(Cl)s1)C1CCCCC1(C)C. The summed E-state index contributed by atoms with van der Waals surface area (Å²) in [6, 6.07) is 2.75. The molecule has 3 heteroatoms. The molecule has 1 nitrogen and oxygen atoms in total. The molecule has 1 aromatic heterocycles. The van der Waals surface area contributed by atoms with Crippen molar-refractivity contribution < 1.29 is 0 Å². The van der Waals surface area contributed by atoms with Crippen molar-refractivity contribution in [3.05, 3.63) is 20.8 Å². The second kappa shape index (κ2) is 6.15. The van der Waals surface area contributed by atoms with E-state index in [0.29, 0.717) is 11.5 Å². The third-order valence-electron chi connectivity index (χ3n) is 4.60. The highest BCUT2D eigenvalue weighted by molar-refractivity contribution is 7.16. The zero-order valence-electron chi connectivity index (χ0n) is 12.6. The Labute approximate surface area is 126 Å². The maximum Gasteiger partial charge on any atom is 0.0960 e. The molecule has 2 rings (SSSR count). The van der Waals surface area contributed by atoms with E-state index in [0.717, 1.165) is 16.8 Å². The molecular formula is C16H26ClNS. The van der Waals surface area contributed by atoms with E-state index in [1.165, 1.54) is 36.1 Å². The molecule has 1 N–H and O–H groups in total. The van der Waals surface area contributed by atoms with Crippen LogP contribution in [0.5, 0.6) is 0 Å². The Morgan fingerprint density at radius 3 is 2.74 bits per heavy atom. The van der Waals surface area contributed by atoms with E-state index in [2.05, 4.69) is 39.1 Å². The van der Waals surface area contributed by atoms with Crippen LogP contribution in [0.25, 0.3) is 0 Å². The molecule has 2 unspecified atom stereocenters. The summed E-state index contributed by atoms with van der Waals surface area (Å²) in [4.78, 5) is 1.42. The third-order valence-corrected chi connectivity index (χ3v) is 6.24. The predicted molar refractivity (Wildman–Crippen MR) is 86.2 cm³/mol. The minimum atomic E-state index is 0.426. The van der Waals surface area contributed by atoms with Crippen LogP contribution in [-0.4, -0.2) is 6.54 Å². The van der Waals surface area contributed by atoms with Crippen LogP contribution >= 0.6 is 22.9 Å². The number of halogens is 1. The van der Waals surface area contributed by atoms with E-state index in [1.807, 2.05) is 0 Å². The van der Waals surface area contributed by atoms with Crippen LogP contribution < -0.4 is 5.32 Å². The minimum Gasteiger partial charge on any atom is -0.309 e. The van der Waals surface area contributed by atoms with E-state index in [4.69, 9.17) is 11.6 Å². The van der Waals surface area contributed by atoms with Crippen LogP contribution in [0.2, 0.25) is 4.34 Å². The van der Waals surface area contributed by atoms with Crippen LogP contribution in [0.1, 0.15) is 62.9 Å². The zero-order valence-corrected chi connectivity index (χ0v) is 14.1. The van der Waals surface area contributed by atoms with Gasteiger partial charge < -0.3 is 5.32 Å². The second-order valence-corrected chi connectivity index (χ2v) is 8.17. The number of rotatable bonds is 4. The molecule has 0 aliphatic heterocycles. The van der Waals surface area contributed by atoms with Gasteiger partial charge in [0, 0.05) is 10.9 Å². The number of aryl methyl sites for hydroxylation is 1. The molecule has 19 heavy (non-hydrogen) atoms. The molecule has 0 radical (unpaired) electrons. The van der Waals surface area contributed by atoms with Crippen molar-refractivity contribution in [1.82, 2.24) is 5.32 Å². The quantitative estimate of drug-likeness (QED) is 0.765. The maximum atomic E-state index is 6.27. The van der Waals surface area contributed by atoms with Crippen molar-refractivity contribution in [2.75, 3.05) is 6.54 Å². The highest BCUT2D eigenvalue weighted by Gasteiger charge is 2.38. The molecule has 1 aliphatic rings. The van der Waals surface area contributed by atoms with E-state index in [1.54, 1.807) is 11.3 Å². The molecular weight excluding hydrogens is 274 g/mol. The zero-order chi connectivity index (χ0) is 14.0. The van der Waals surface area contributed by atoms with E-state index >= 15 is 0 Å². The van der Waals surface area contributed by atoms with Crippen LogP contribution in [0.3, 0.4) is 0 Å². The summed E-state index contributed by atoms with van der Waals surface area (Å²) >= 11 is 8.03. The van der Waals surface area contributed by atoms with Gasteiger partial charge in [0.15, 0.2) is 0 Å². The molecule has 1 aliphatic carbocycles. The first kappa shape index (κ1) is 15.3. The molecule has 0 spiro atoms. The first-order valence-corrected chi connectivity index (χ1v) is 8.64. The summed E-state index contributed by atoms with van der Waals surface area (Å²) < 4.78 is 0.950. The Bertz CT molecular complexity index is 405. The summed E-state index contributed by atoms with van der Waals surface area (Å²) in [5.74, 6) is 0.718. The van der Waals surface area contributed by atoms with E-state index in [9.17, 15) is 0 Å². The topological polar surface area (TPSA) is 12.0 Å². The monoisotopic (exact) mass is 299 g/mol. The Hall–Kier alpha value is -0.0500.